The van der Waals surface area contributed by atoms with E-state index >= 15 is 0 Å². The maximum Gasteiger partial charge on any atom is 0.129 e. The van der Waals surface area contributed by atoms with E-state index in [-0.39, 0.29) is 12.0 Å². The van der Waals surface area contributed by atoms with Gasteiger partial charge in [-0.25, -0.2) is 8.78 Å². The van der Waals surface area contributed by atoms with E-state index in [2.05, 4.69) is 5.32 Å². The van der Waals surface area contributed by atoms with Gasteiger partial charge < -0.3 is 10.4 Å². The molecule has 0 radical (unpaired) electrons. The van der Waals surface area contributed by atoms with Crippen molar-refractivity contribution in [3.05, 3.63) is 34.9 Å². The van der Waals surface area contributed by atoms with Crippen LogP contribution in [-0.2, 0) is 6.42 Å². The van der Waals surface area contributed by atoms with Crippen molar-refractivity contribution in [3.8, 4) is 0 Å². The van der Waals surface area contributed by atoms with Gasteiger partial charge in [0.1, 0.15) is 11.6 Å². The summed E-state index contributed by atoms with van der Waals surface area (Å²) >= 11 is 0. The van der Waals surface area contributed by atoms with Crippen LogP contribution in [0.3, 0.4) is 0 Å². The Kier molecular flexibility index (Phi) is 2.95. The largest absolute Gasteiger partial charge is 0.388 e. The molecule has 1 aromatic rings. The number of hydrogen-bond donors (Lipinski definition) is 2. The van der Waals surface area contributed by atoms with Crippen molar-refractivity contribution in [1.82, 2.24) is 5.32 Å². The molecule has 1 aliphatic rings. The SMILES string of the molecule is Cc1cc(F)c(CC2(O)CCNC2)c(F)c1. The molecule has 88 valence electrons. The van der Waals surface area contributed by atoms with Crippen molar-refractivity contribution in [1.29, 1.82) is 0 Å². The van der Waals surface area contributed by atoms with Gasteiger partial charge in [-0.3, -0.25) is 0 Å². The third-order valence-electron chi connectivity index (χ3n) is 3.01. The zero-order valence-corrected chi connectivity index (χ0v) is 9.19. The van der Waals surface area contributed by atoms with Crippen LogP contribution in [0.1, 0.15) is 17.5 Å². The number of β-amino-alcohol motifs (C(OH)–C–C–N with tert-alkyl or cyclic N) is 1. The predicted octanol–water partition coefficient (Wildman–Crippen LogP) is 1.54. The molecule has 1 aromatic carbocycles. The molecule has 0 spiro atoms. The van der Waals surface area contributed by atoms with Crippen molar-refractivity contribution >= 4 is 0 Å². The van der Waals surface area contributed by atoms with E-state index in [1.165, 1.54) is 12.1 Å². The van der Waals surface area contributed by atoms with Crippen LogP contribution in [0.5, 0.6) is 0 Å². The fourth-order valence-corrected chi connectivity index (χ4v) is 2.11. The van der Waals surface area contributed by atoms with Crippen molar-refractivity contribution in [2.45, 2.75) is 25.4 Å². The minimum atomic E-state index is -1.02. The molecule has 1 heterocycles. The average molecular weight is 227 g/mol. The van der Waals surface area contributed by atoms with E-state index in [1.54, 1.807) is 6.92 Å². The second kappa shape index (κ2) is 4.11. The van der Waals surface area contributed by atoms with E-state index in [4.69, 9.17) is 0 Å². The molecule has 4 heteroatoms. The highest BCUT2D eigenvalue weighted by atomic mass is 19.1. The van der Waals surface area contributed by atoms with Gasteiger partial charge in [-0.1, -0.05) is 0 Å². The van der Waals surface area contributed by atoms with E-state index in [0.717, 1.165) is 0 Å². The Balaban J connectivity index is 2.27. The zero-order valence-electron chi connectivity index (χ0n) is 9.19. The Morgan fingerprint density at radius 1 is 1.38 bits per heavy atom. The summed E-state index contributed by atoms with van der Waals surface area (Å²) in [5, 5.41) is 13.1. The van der Waals surface area contributed by atoms with Gasteiger partial charge >= 0.3 is 0 Å². The number of aryl methyl sites for hydroxylation is 1. The highest BCUT2D eigenvalue weighted by molar-refractivity contribution is 5.27. The lowest BCUT2D eigenvalue weighted by molar-refractivity contribution is 0.0600. The molecular formula is C12H15F2NO. The topological polar surface area (TPSA) is 32.3 Å². The summed E-state index contributed by atoms with van der Waals surface area (Å²) in [6.45, 7) is 2.72. The van der Waals surface area contributed by atoms with Gasteiger partial charge in [0, 0.05) is 18.5 Å². The molecule has 0 amide bonds. The first kappa shape index (κ1) is 11.5. The zero-order chi connectivity index (χ0) is 11.8. The summed E-state index contributed by atoms with van der Waals surface area (Å²) in [4.78, 5) is 0. The van der Waals surface area contributed by atoms with Crippen LogP contribution in [0.4, 0.5) is 8.78 Å². The molecule has 0 aromatic heterocycles. The van der Waals surface area contributed by atoms with Gasteiger partial charge in [0.05, 0.1) is 5.60 Å². The molecule has 0 saturated carbocycles. The van der Waals surface area contributed by atoms with Gasteiger partial charge in [0.25, 0.3) is 0 Å². The molecule has 1 saturated heterocycles. The molecule has 0 bridgehead atoms. The van der Waals surface area contributed by atoms with E-state index in [1.807, 2.05) is 0 Å². The maximum absolute atomic E-state index is 13.6. The monoisotopic (exact) mass is 227 g/mol. The highest BCUT2D eigenvalue weighted by Gasteiger charge is 2.33. The number of hydrogen-bond acceptors (Lipinski definition) is 2. The Bertz CT molecular complexity index is 377. The van der Waals surface area contributed by atoms with Gasteiger partial charge in [0.2, 0.25) is 0 Å². The third-order valence-corrected chi connectivity index (χ3v) is 3.01. The van der Waals surface area contributed by atoms with Crippen LogP contribution in [0.25, 0.3) is 0 Å². The summed E-state index contributed by atoms with van der Waals surface area (Å²) in [6.07, 6.45) is 0.553. The van der Waals surface area contributed by atoms with Crippen molar-refractivity contribution in [3.63, 3.8) is 0 Å². The first-order valence-corrected chi connectivity index (χ1v) is 5.38. The van der Waals surface area contributed by atoms with Crippen molar-refractivity contribution in [2.75, 3.05) is 13.1 Å². The fourth-order valence-electron chi connectivity index (χ4n) is 2.11. The molecule has 1 fully saturated rings. The summed E-state index contributed by atoms with van der Waals surface area (Å²) in [6, 6.07) is 2.59. The highest BCUT2D eigenvalue weighted by Crippen LogP contribution is 2.24. The van der Waals surface area contributed by atoms with Crippen LogP contribution in [-0.4, -0.2) is 23.8 Å². The predicted molar refractivity (Wildman–Crippen MR) is 57.2 cm³/mol. The molecule has 16 heavy (non-hydrogen) atoms. The van der Waals surface area contributed by atoms with Gasteiger partial charge in [-0.05, 0) is 37.6 Å². The lowest BCUT2D eigenvalue weighted by Crippen LogP contribution is -2.34. The lowest BCUT2D eigenvalue weighted by Gasteiger charge is -2.21. The molecular weight excluding hydrogens is 212 g/mol. The Morgan fingerprint density at radius 2 is 2.00 bits per heavy atom. The summed E-state index contributed by atoms with van der Waals surface area (Å²) in [7, 11) is 0. The first-order valence-electron chi connectivity index (χ1n) is 5.38. The molecule has 0 aliphatic carbocycles. The van der Waals surface area contributed by atoms with Crippen LogP contribution >= 0.6 is 0 Å². The van der Waals surface area contributed by atoms with Gasteiger partial charge in [0.15, 0.2) is 0 Å². The van der Waals surface area contributed by atoms with Gasteiger partial charge in [-0.15, -0.1) is 0 Å². The lowest BCUT2D eigenvalue weighted by atomic mass is 9.92. The summed E-state index contributed by atoms with van der Waals surface area (Å²) in [5.74, 6) is -1.14. The quantitative estimate of drug-likeness (QED) is 0.803. The van der Waals surface area contributed by atoms with Crippen molar-refractivity contribution in [2.24, 2.45) is 0 Å². The second-order valence-electron chi connectivity index (χ2n) is 4.54. The minimum absolute atomic E-state index is 0.0169. The van der Waals surface area contributed by atoms with E-state index in [0.29, 0.717) is 25.1 Å². The van der Waals surface area contributed by atoms with Crippen molar-refractivity contribution < 1.29 is 13.9 Å². The Morgan fingerprint density at radius 3 is 2.50 bits per heavy atom. The number of halogens is 2. The number of rotatable bonds is 2. The fraction of sp³-hybridized carbons (Fsp3) is 0.500. The average Bonchev–Trinajstić information content (AvgIpc) is 2.59. The smallest absolute Gasteiger partial charge is 0.129 e. The van der Waals surface area contributed by atoms with Crippen LogP contribution < -0.4 is 5.32 Å². The molecule has 1 aliphatic heterocycles. The second-order valence-corrected chi connectivity index (χ2v) is 4.54. The summed E-state index contributed by atoms with van der Waals surface area (Å²) in [5.41, 5.74) is -0.483. The number of nitrogens with one attached hydrogen (secondary N) is 1. The maximum atomic E-state index is 13.6. The molecule has 1 unspecified atom stereocenters. The Hall–Kier alpha value is -1.00. The molecule has 1 atom stereocenters. The summed E-state index contributed by atoms with van der Waals surface area (Å²) < 4.78 is 27.1. The van der Waals surface area contributed by atoms with E-state index in [9.17, 15) is 13.9 Å². The third kappa shape index (κ3) is 2.23. The molecule has 2 nitrogen and oxygen atoms in total. The normalized spacial score (nSPS) is 25.0. The molecule has 2 N–H and O–H groups in total. The first-order chi connectivity index (χ1) is 7.50. The Labute approximate surface area is 93.3 Å². The van der Waals surface area contributed by atoms with Crippen LogP contribution in [0, 0.1) is 18.6 Å². The van der Waals surface area contributed by atoms with Crippen LogP contribution in [0.15, 0.2) is 12.1 Å². The van der Waals surface area contributed by atoms with E-state index < -0.39 is 17.2 Å². The molecule has 2 rings (SSSR count). The van der Waals surface area contributed by atoms with Crippen LogP contribution in [0.2, 0.25) is 0 Å². The standard InChI is InChI=1S/C12H15F2NO/c1-8-4-10(13)9(11(14)5-8)6-12(16)2-3-15-7-12/h4-5,15-16H,2-3,6-7H2,1H3. The van der Waals surface area contributed by atoms with Gasteiger partial charge in [-0.2, -0.15) is 0 Å². The minimum Gasteiger partial charge on any atom is -0.388 e. The number of benzene rings is 1. The number of aliphatic hydroxyl groups is 1.